The molecule has 2 rings (SSSR count). The molecule has 7 nitrogen and oxygen atoms in total. The fourth-order valence-electron chi connectivity index (χ4n) is 2.48. The topological polar surface area (TPSA) is 95.6 Å². The van der Waals surface area contributed by atoms with E-state index in [-0.39, 0.29) is 22.4 Å². The summed E-state index contributed by atoms with van der Waals surface area (Å²) in [5.74, 6) is -0.797. The Morgan fingerprint density at radius 2 is 1.71 bits per heavy atom. The Balaban J connectivity index is 2.32. The molecule has 8 heteroatoms. The molecule has 28 heavy (non-hydrogen) atoms. The van der Waals surface area contributed by atoms with Crippen LogP contribution in [0.1, 0.15) is 41.5 Å². The minimum Gasteiger partial charge on any atom is -0.352 e. The third-order valence-corrected chi connectivity index (χ3v) is 6.29. The number of benzene rings is 2. The van der Waals surface area contributed by atoms with E-state index in [4.69, 9.17) is 0 Å². The number of para-hydroxylation sites is 1. The minimum atomic E-state index is -3.71. The maximum Gasteiger partial charge on any atom is 0.255 e. The van der Waals surface area contributed by atoms with E-state index in [0.29, 0.717) is 17.8 Å². The van der Waals surface area contributed by atoms with Crippen LogP contribution in [0.3, 0.4) is 0 Å². The first-order chi connectivity index (χ1) is 13.2. The molecule has 150 valence electrons. The molecule has 0 radical (unpaired) electrons. The lowest BCUT2D eigenvalue weighted by Gasteiger charge is -2.21. The van der Waals surface area contributed by atoms with Crippen molar-refractivity contribution < 1.29 is 18.0 Å². The molecule has 0 aliphatic carbocycles. The van der Waals surface area contributed by atoms with Crippen molar-refractivity contribution in [1.82, 2.24) is 9.62 Å². The molecule has 0 heterocycles. The lowest BCUT2D eigenvalue weighted by atomic mass is 10.1. The van der Waals surface area contributed by atoms with Crippen molar-refractivity contribution in [3.63, 3.8) is 0 Å². The van der Waals surface area contributed by atoms with E-state index in [1.54, 1.807) is 45.0 Å². The van der Waals surface area contributed by atoms with Gasteiger partial charge < -0.3 is 10.6 Å². The van der Waals surface area contributed by atoms with Gasteiger partial charge in [-0.1, -0.05) is 18.2 Å². The van der Waals surface area contributed by atoms with Gasteiger partial charge in [-0.15, -0.1) is 0 Å². The predicted molar refractivity (Wildman–Crippen MR) is 109 cm³/mol. The minimum absolute atomic E-state index is 0.0355. The van der Waals surface area contributed by atoms with Gasteiger partial charge in [0.15, 0.2) is 0 Å². The molecule has 0 spiro atoms. The van der Waals surface area contributed by atoms with Crippen LogP contribution in [0.2, 0.25) is 0 Å². The van der Waals surface area contributed by atoms with Gasteiger partial charge in [0.1, 0.15) is 0 Å². The van der Waals surface area contributed by atoms with Crippen LogP contribution in [0.5, 0.6) is 0 Å². The Bertz CT molecular complexity index is 971. The highest BCUT2D eigenvalue weighted by atomic mass is 32.2. The maximum atomic E-state index is 12.7. The second-order valence-corrected chi connectivity index (χ2v) is 8.50. The summed E-state index contributed by atoms with van der Waals surface area (Å²) >= 11 is 0. The third-order valence-electron chi connectivity index (χ3n) is 4.26. The predicted octanol–water partition coefficient (Wildman–Crippen LogP) is 2.72. The van der Waals surface area contributed by atoms with Crippen LogP contribution in [0.25, 0.3) is 0 Å². The van der Waals surface area contributed by atoms with Crippen molar-refractivity contribution >= 4 is 27.5 Å². The van der Waals surface area contributed by atoms with Crippen LogP contribution < -0.4 is 10.6 Å². The Kier molecular flexibility index (Phi) is 6.93. The molecule has 2 N–H and O–H groups in total. The van der Waals surface area contributed by atoms with Gasteiger partial charge in [-0.3, -0.25) is 9.59 Å². The van der Waals surface area contributed by atoms with Crippen molar-refractivity contribution in [3.8, 4) is 0 Å². The first kappa shape index (κ1) is 21.6. The molecule has 0 atom stereocenters. The summed E-state index contributed by atoms with van der Waals surface area (Å²) in [6.07, 6.45) is 0. The summed E-state index contributed by atoms with van der Waals surface area (Å²) in [5, 5.41) is 5.38. The number of hydrogen-bond acceptors (Lipinski definition) is 4. The van der Waals surface area contributed by atoms with Crippen LogP contribution in [0.15, 0.2) is 53.4 Å². The van der Waals surface area contributed by atoms with Gasteiger partial charge in [0.25, 0.3) is 11.8 Å². The SMILES string of the molecule is CCNC(=O)c1ccccc1NC(=O)c1cccc(S(=O)(=O)N(C)C(C)C)c1. The average molecular weight is 404 g/mol. The van der Waals surface area contributed by atoms with Crippen LogP contribution in [-0.2, 0) is 10.0 Å². The second kappa shape index (κ2) is 8.99. The number of carbonyl (C=O) groups excluding carboxylic acids is 2. The Hall–Kier alpha value is -2.71. The van der Waals surface area contributed by atoms with E-state index in [1.165, 1.54) is 35.6 Å². The average Bonchev–Trinajstić information content (AvgIpc) is 2.67. The lowest BCUT2D eigenvalue weighted by molar-refractivity contribution is 0.0956. The van der Waals surface area contributed by atoms with E-state index >= 15 is 0 Å². The number of sulfonamides is 1. The van der Waals surface area contributed by atoms with Crippen molar-refractivity contribution in [2.75, 3.05) is 18.9 Å². The summed E-state index contributed by atoms with van der Waals surface area (Å²) in [6.45, 7) is 5.81. The summed E-state index contributed by atoms with van der Waals surface area (Å²) in [5.41, 5.74) is 0.871. The number of nitrogens with one attached hydrogen (secondary N) is 2. The maximum absolute atomic E-state index is 12.7. The fourth-order valence-corrected chi connectivity index (χ4v) is 3.90. The monoisotopic (exact) mass is 403 g/mol. The standard InChI is InChI=1S/C20H25N3O4S/c1-5-21-20(25)17-11-6-7-12-18(17)22-19(24)15-9-8-10-16(13-15)28(26,27)23(4)14(2)3/h6-14H,5H2,1-4H3,(H,21,25)(H,22,24). The smallest absolute Gasteiger partial charge is 0.255 e. The molecular weight excluding hydrogens is 378 g/mol. The van der Waals surface area contributed by atoms with Crippen LogP contribution in [0, 0.1) is 0 Å². The molecular formula is C20H25N3O4S. The molecule has 0 aliphatic rings. The van der Waals surface area contributed by atoms with E-state index in [0.717, 1.165) is 0 Å². The summed E-state index contributed by atoms with van der Waals surface area (Å²) in [7, 11) is -2.21. The van der Waals surface area contributed by atoms with Gasteiger partial charge in [0.05, 0.1) is 16.1 Å². The molecule has 0 saturated carbocycles. The van der Waals surface area contributed by atoms with E-state index in [2.05, 4.69) is 10.6 Å². The Labute approximate surface area is 165 Å². The normalized spacial score (nSPS) is 11.5. The number of carbonyl (C=O) groups is 2. The van der Waals surface area contributed by atoms with Crippen LogP contribution in [0.4, 0.5) is 5.69 Å². The van der Waals surface area contributed by atoms with Crippen molar-refractivity contribution in [1.29, 1.82) is 0 Å². The zero-order valence-corrected chi connectivity index (χ0v) is 17.2. The molecule has 2 aromatic carbocycles. The quantitative estimate of drug-likeness (QED) is 0.743. The van der Waals surface area contributed by atoms with Crippen molar-refractivity contribution in [2.24, 2.45) is 0 Å². The number of rotatable bonds is 7. The highest BCUT2D eigenvalue weighted by Gasteiger charge is 2.24. The Morgan fingerprint density at radius 1 is 1.04 bits per heavy atom. The highest BCUT2D eigenvalue weighted by Crippen LogP contribution is 2.20. The number of anilines is 1. The molecule has 0 fully saturated rings. The van der Waals surface area contributed by atoms with Crippen molar-refractivity contribution in [2.45, 2.75) is 31.7 Å². The number of amides is 2. The van der Waals surface area contributed by atoms with Gasteiger partial charge in [0, 0.05) is 25.2 Å². The van der Waals surface area contributed by atoms with Gasteiger partial charge in [-0.05, 0) is 51.1 Å². The van der Waals surface area contributed by atoms with E-state index < -0.39 is 15.9 Å². The first-order valence-electron chi connectivity index (χ1n) is 8.95. The summed E-state index contributed by atoms with van der Waals surface area (Å²) in [6, 6.07) is 12.3. The van der Waals surface area contributed by atoms with Gasteiger partial charge in [-0.2, -0.15) is 4.31 Å². The second-order valence-electron chi connectivity index (χ2n) is 6.50. The molecule has 2 aromatic rings. The fraction of sp³-hybridized carbons (Fsp3) is 0.300. The van der Waals surface area contributed by atoms with E-state index in [1.807, 2.05) is 0 Å². The van der Waals surface area contributed by atoms with Gasteiger partial charge >= 0.3 is 0 Å². The van der Waals surface area contributed by atoms with Gasteiger partial charge in [0.2, 0.25) is 10.0 Å². The molecule has 0 aliphatic heterocycles. The van der Waals surface area contributed by atoms with Crippen LogP contribution in [-0.4, -0.2) is 44.2 Å². The molecule has 0 saturated heterocycles. The lowest BCUT2D eigenvalue weighted by Crippen LogP contribution is -2.33. The summed E-state index contributed by atoms with van der Waals surface area (Å²) in [4.78, 5) is 24.9. The Morgan fingerprint density at radius 3 is 2.36 bits per heavy atom. The van der Waals surface area contributed by atoms with Crippen LogP contribution >= 0.6 is 0 Å². The molecule has 2 amide bonds. The molecule has 0 bridgehead atoms. The van der Waals surface area contributed by atoms with Crippen molar-refractivity contribution in [3.05, 3.63) is 59.7 Å². The number of hydrogen-bond donors (Lipinski definition) is 2. The van der Waals surface area contributed by atoms with Gasteiger partial charge in [-0.25, -0.2) is 8.42 Å². The zero-order chi connectivity index (χ0) is 20.9. The van der Waals surface area contributed by atoms with E-state index in [9.17, 15) is 18.0 Å². The first-order valence-corrected chi connectivity index (χ1v) is 10.4. The molecule has 0 aromatic heterocycles. The zero-order valence-electron chi connectivity index (χ0n) is 16.4. The summed E-state index contributed by atoms with van der Waals surface area (Å²) < 4.78 is 26.6. The largest absolute Gasteiger partial charge is 0.352 e. The third kappa shape index (κ3) is 4.76. The number of nitrogens with zero attached hydrogens (tertiary/aromatic N) is 1. The highest BCUT2D eigenvalue weighted by molar-refractivity contribution is 7.89. The molecule has 0 unspecified atom stereocenters.